The highest BCUT2D eigenvalue weighted by Crippen LogP contribution is 2.45. The predicted octanol–water partition coefficient (Wildman–Crippen LogP) is 3.11. The lowest BCUT2D eigenvalue weighted by Crippen LogP contribution is -2.39. The van der Waals surface area contributed by atoms with Gasteiger partial charge in [-0.15, -0.1) is 0 Å². The number of benzene rings is 1. The summed E-state index contributed by atoms with van der Waals surface area (Å²) in [7, 11) is -3.34. The fraction of sp³-hybridized carbons (Fsp3) is 0.500. The third-order valence-electron chi connectivity index (χ3n) is 4.22. The lowest BCUT2D eigenvalue weighted by molar-refractivity contribution is -0.137. The van der Waals surface area contributed by atoms with Crippen LogP contribution in [0.3, 0.4) is 0 Å². The molecule has 0 aliphatic carbocycles. The maximum Gasteiger partial charge on any atom is 0.418 e. The summed E-state index contributed by atoms with van der Waals surface area (Å²) in [6, 6.07) is 4.30. The van der Waals surface area contributed by atoms with Crippen molar-refractivity contribution in [2.45, 2.75) is 37.2 Å². The largest absolute Gasteiger partial charge is 0.418 e. The van der Waals surface area contributed by atoms with Crippen molar-refractivity contribution in [2.24, 2.45) is 4.99 Å². The molecule has 26 heavy (non-hydrogen) atoms. The number of rotatable bonds is 3. The van der Waals surface area contributed by atoms with Gasteiger partial charge in [-0.2, -0.15) is 18.2 Å². The van der Waals surface area contributed by atoms with Crippen molar-refractivity contribution in [3.63, 3.8) is 0 Å². The van der Waals surface area contributed by atoms with E-state index >= 15 is 0 Å². The summed E-state index contributed by atoms with van der Waals surface area (Å²) in [4.78, 5) is 17.2. The number of anilines is 1. The number of hydrogen-bond donors (Lipinski definition) is 0. The van der Waals surface area contributed by atoms with Gasteiger partial charge in [-0.05, 0) is 18.6 Å². The Morgan fingerprint density at radius 3 is 2.65 bits per heavy atom. The standard InChI is InChI=1S/C16H17F3N2O3S2/c1-2-5-14(22)20-15-21(12-8-26(23,24)9-13(12)25-15)11-7-4-3-6-10(11)16(17,18)19/h3-4,6-7,12-13H,2,5,8-9H2,1H3/t12-,13+/m0/s1. The summed E-state index contributed by atoms with van der Waals surface area (Å²) < 4.78 is 64.3. The van der Waals surface area contributed by atoms with Crippen LogP contribution in [0.4, 0.5) is 18.9 Å². The molecule has 0 spiro atoms. The molecular weight excluding hydrogens is 389 g/mol. The number of carbonyl (C=O) groups excluding carboxylic acids is 1. The molecule has 1 aromatic carbocycles. The number of para-hydroxylation sites is 1. The molecule has 0 radical (unpaired) electrons. The molecule has 10 heteroatoms. The molecule has 0 unspecified atom stereocenters. The average molecular weight is 406 g/mol. The van der Waals surface area contributed by atoms with Crippen LogP contribution in [0.25, 0.3) is 0 Å². The number of thioether (sulfide) groups is 1. The summed E-state index contributed by atoms with van der Waals surface area (Å²) in [5, 5.41) is -0.292. The molecule has 142 valence electrons. The van der Waals surface area contributed by atoms with Crippen molar-refractivity contribution in [3.05, 3.63) is 29.8 Å². The van der Waals surface area contributed by atoms with E-state index in [-0.39, 0.29) is 28.8 Å². The van der Waals surface area contributed by atoms with Gasteiger partial charge in [0.1, 0.15) is 0 Å². The van der Waals surface area contributed by atoms with Gasteiger partial charge < -0.3 is 4.90 Å². The van der Waals surface area contributed by atoms with Gasteiger partial charge in [-0.1, -0.05) is 30.8 Å². The Labute approximate surface area is 153 Å². The molecule has 0 N–H and O–H groups in total. The Hall–Kier alpha value is -1.55. The molecular formula is C16H17F3N2O3S2. The van der Waals surface area contributed by atoms with Gasteiger partial charge >= 0.3 is 6.18 Å². The Bertz CT molecular complexity index is 853. The number of amidine groups is 1. The van der Waals surface area contributed by atoms with E-state index in [1.54, 1.807) is 6.92 Å². The van der Waals surface area contributed by atoms with Gasteiger partial charge in [0, 0.05) is 11.7 Å². The van der Waals surface area contributed by atoms with E-state index in [4.69, 9.17) is 0 Å². The van der Waals surface area contributed by atoms with Crippen LogP contribution in [0.2, 0.25) is 0 Å². The first-order chi connectivity index (χ1) is 12.1. The van der Waals surface area contributed by atoms with Crippen LogP contribution in [0.15, 0.2) is 29.3 Å². The maximum absolute atomic E-state index is 13.4. The van der Waals surface area contributed by atoms with E-state index in [1.165, 1.54) is 23.1 Å². The zero-order chi connectivity index (χ0) is 19.1. The van der Waals surface area contributed by atoms with E-state index in [0.717, 1.165) is 17.8 Å². The molecule has 2 atom stereocenters. The van der Waals surface area contributed by atoms with E-state index in [2.05, 4.69) is 4.99 Å². The van der Waals surface area contributed by atoms with Gasteiger partial charge in [0.15, 0.2) is 15.0 Å². The number of amides is 1. The number of carbonyl (C=O) groups is 1. The van der Waals surface area contributed by atoms with Crippen LogP contribution in [0.5, 0.6) is 0 Å². The van der Waals surface area contributed by atoms with Crippen molar-refractivity contribution in [2.75, 3.05) is 16.4 Å². The first kappa shape index (κ1) is 19.2. The van der Waals surface area contributed by atoms with E-state index in [1.807, 2.05) is 0 Å². The summed E-state index contributed by atoms with van der Waals surface area (Å²) >= 11 is 1.07. The fourth-order valence-electron chi connectivity index (χ4n) is 3.15. The maximum atomic E-state index is 13.4. The van der Waals surface area contributed by atoms with Crippen LogP contribution in [-0.2, 0) is 20.8 Å². The third-order valence-corrected chi connectivity index (χ3v) is 7.43. The van der Waals surface area contributed by atoms with Crippen molar-refractivity contribution in [1.29, 1.82) is 0 Å². The summed E-state index contributed by atoms with van der Waals surface area (Å²) in [5.74, 6) is -0.807. The monoisotopic (exact) mass is 406 g/mol. The molecule has 3 rings (SSSR count). The van der Waals surface area contributed by atoms with Gasteiger partial charge in [-0.3, -0.25) is 4.79 Å². The van der Waals surface area contributed by atoms with Crippen LogP contribution in [0.1, 0.15) is 25.3 Å². The quantitative estimate of drug-likeness (QED) is 0.772. The van der Waals surface area contributed by atoms with Crippen LogP contribution in [0, 0.1) is 0 Å². The van der Waals surface area contributed by atoms with Gasteiger partial charge in [-0.25, -0.2) is 8.42 Å². The van der Waals surface area contributed by atoms with E-state index in [0.29, 0.717) is 6.42 Å². The van der Waals surface area contributed by atoms with Crippen LogP contribution in [-0.4, -0.2) is 42.3 Å². The molecule has 0 bridgehead atoms. The highest BCUT2D eigenvalue weighted by atomic mass is 32.2. The molecule has 0 saturated carbocycles. The van der Waals surface area contributed by atoms with Gasteiger partial charge in [0.05, 0.1) is 28.8 Å². The fourth-order valence-corrected chi connectivity index (χ4v) is 7.07. The number of halogens is 3. The Balaban J connectivity index is 2.09. The minimum absolute atomic E-state index is 0.131. The number of hydrogen-bond acceptors (Lipinski definition) is 4. The zero-order valence-corrected chi connectivity index (χ0v) is 15.5. The normalized spacial score (nSPS) is 26.3. The van der Waals surface area contributed by atoms with Gasteiger partial charge in [0.2, 0.25) is 5.91 Å². The van der Waals surface area contributed by atoms with Crippen LogP contribution < -0.4 is 4.90 Å². The Morgan fingerprint density at radius 2 is 2.00 bits per heavy atom. The highest BCUT2D eigenvalue weighted by molar-refractivity contribution is 8.16. The first-order valence-electron chi connectivity index (χ1n) is 8.06. The van der Waals surface area contributed by atoms with Crippen molar-refractivity contribution >= 4 is 38.4 Å². The number of aliphatic imine (C=N–C) groups is 1. The lowest BCUT2D eigenvalue weighted by Gasteiger charge is -2.27. The van der Waals surface area contributed by atoms with Crippen molar-refractivity contribution in [1.82, 2.24) is 0 Å². The molecule has 1 aromatic rings. The van der Waals surface area contributed by atoms with E-state index < -0.39 is 38.8 Å². The molecule has 1 amide bonds. The molecule has 5 nitrogen and oxygen atoms in total. The number of sulfone groups is 1. The summed E-state index contributed by atoms with van der Waals surface area (Å²) in [6.45, 7) is 1.80. The summed E-state index contributed by atoms with van der Waals surface area (Å²) in [6.07, 6.45) is -3.84. The molecule has 2 saturated heterocycles. The zero-order valence-electron chi connectivity index (χ0n) is 13.9. The smallest absolute Gasteiger partial charge is 0.315 e. The highest BCUT2D eigenvalue weighted by Gasteiger charge is 2.51. The number of nitrogens with zero attached hydrogens (tertiary/aromatic N) is 2. The molecule has 0 aromatic heterocycles. The predicted molar refractivity (Wildman–Crippen MR) is 95.1 cm³/mol. The molecule has 2 heterocycles. The van der Waals surface area contributed by atoms with Crippen LogP contribution >= 0.6 is 11.8 Å². The van der Waals surface area contributed by atoms with Crippen molar-refractivity contribution in [3.8, 4) is 0 Å². The Kier molecular flexibility index (Phi) is 5.08. The minimum Gasteiger partial charge on any atom is -0.315 e. The average Bonchev–Trinajstić information content (AvgIpc) is 2.97. The Morgan fingerprint density at radius 1 is 1.31 bits per heavy atom. The molecule has 2 aliphatic rings. The topological polar surface area (TPSA) is 66.8 Å². The second-order valence-electron chi connectivity index (χ2n) is 6.22. The lowest BCUT2D eigenvalue weighted by atomic mass is 10.1. The SMILES string of the molecule is CCCC(=O)N=C1S[C@@H]2CS(=O)(=O)C[C@@H]2N1c1ccccc1C(F)(F)F. The minimum atomic E-state index is -4.60. The third kappa shape index (κ3) is 3.75. The van der Waals surface area contributed by atoms with E-state index in [9.17, 15) is 26.4 Å². The molecule has 2 aliphatic heterocycles. The molecule has 2 fully saturated rings. The number of fused-ring (bicyclic) bond motifs is 1. The number of alkyl halides is 3. The van der Waals surface area contributed by atoms with Crippen molar-refractivity contribution < 1.29 is 26.4 Å². The second kappa shape index (κ2) is 6.88. The van der Waals surface area contributed by atoms with Gasteiger partial charge in [0.25, 0.3) is 0 Å². The first-order valence-corrected chi connectivity index (χ1v) is 10.8. The summed E-state index contributed by atoms with van der Waals surface area (Å²) in [5.41, 5.74) is -1.04. The second-order valence-corrected chi connectivity index (χ2v) is 9.58.